The summed E-state index contributed by atoms with van der Waals surface area (Å²) in [5.74, 6) is 1.67. The third-order valence-electron chi connectivity index (χ3n) is 5.60. The Hall–Kier alpha value is -1.35. The van der Waals surface area contributed by atoms with Gasteiger partial charge in [0.15, 0.2) is 0 Å². The van der Waals surface area contributed by atoms with Crippen LogP contribution >= 0.6 is 0 Å². The molecule has 1 saturated carbocycles. The van der Waals surface area contributed by atoms with Gasteiger partial charge in [-0.1, -0.05) is 6.07 Å². The maximum absolute atomic E-state index is 4.75. The van der Waals surface area contributed by atoms with E-state index >= 15 is 0 Å². The summed E-state index contributed by atoms with van der Waals surface area (Å²) >= 11 is 0. The molecule has 2 aromatic rings. The first-order chi connectivity index (χ1) is 9.88. The average Bonchev–Trinajstić information content (AvgIpc) is 3.28. The van der Waals surface area contributed by atoms with Gasteiger partial charge in [-0.2, -0.15) is 5.10 Å². The summed E-state index contributed by atoms with van der Waals surface area (Å²) in [6.45, 7) is 3.80. The molecule has 0 radical (unpaired) electrons. The van der Waals surface area contributed by atoms with Crippen LogP contribution in [0.2, 0.25) is 0 Å². The van der Waals surface area contributed by atoms with Crippen LogP contribution in [0.15, 0.2) is 24.4 Å². The minimum atomic E-state index is 0.599. The third kappa shape index (κ3) is 1.65. The van der Waals surface area contributed by atoms with Crippen molar-refractivity contribution in [3.05, 3.63) is 30.0 Å². The van der Waals surface area contributed by atoms with Crippen molar-refractivity contribution in [1.82, 2.24) is 14.7 Å². The highest BCUT2D eigenvalue weighted by molar-refractivity contribution is 5.79. The lowest BCUT2D eigenvalue weighted by Crippen LogP contribution is -2.48. The second kappa shape index (κ2) is 4.08. The van der Waals surface area contributed by atoms with Crippen LogP contribution in [0.25, 0.3) is 10.9 Å². The average molecular weight is 267 g/mol. The van der Waals surface area contributed by atoms with E-state index in [1.165, 1.54) is 61.8 Å². The highest BCUT2D eigenvalue weighted by Crippen LogP contribution is 2.41. The van der Waals surface area contributed by atoms with Gasteiger partial charge in [0.1, 0.15) is 0 Å². The quantitative estimate of drug-likeness (QED) is 0.833. The summed E-state index contributed by atoms with van der Waals surface area (Å²) in [6.07, 6.45) is 7.54. The van der Waals surface area contributed by atoms with Crippen molar-refractivity contribution >= 4 is 10.9 Å². The standard InChI is InChI=1S/C17H21N3/c1-2-12(1)14-3-4-16-15(9-14)10-18-20(16)17-11-19-7-5-13(17)6-8-19/h3-4,9-10,12-13,17H,1-2,5-8,11H2/t17-/m0/s1. The van der Waals surface area contributed by atoms with E-state index in [2.05, 4.69) is 34.0 Å². The number of hydrogen-bond acceptors (Lipinski definition) is 2. The van der Waals surface area contributed by atoms with Crippen molar-refractivity contribution in [2.45, 2.75) is 37.6 Å². The molecule has 3 nitrogen and oxygen atoms in total. The second-order valence-corrected chi connectivity index (χ2v) is 6.89. The molecule has 1 aliphatic carbocycles. The Kier molecular flexibility index (Phi) is 2.31. The Bertz CT molecular complexity index is 647. The van der Waals surface area contributed by atoms with Gasteiger partial charge in [0.05, 0.1) is 17.8 Å². The molecule has 20 heavy (non-hydrogen) atoms. The molecular formula is C17H21N3. The fraction of sp³-hybridized carbons (Fsp3) is 0.588. The first-order valence-electron chi connectivity index (χ1n) is 8.08. The number of benzene rings is 1. The summed E-state index contributed by atoms with van der Waals surface area (Å²) in [6, 6.07) is 7.62. The van der Waals surface area contributed by atoms with Crippen molar-refractivity contribution in [3.8, 4) is 0 Å². The van der Waals surface area contributed by atoms with Gasteiger partial charge in [-0.25, -0.2) is 0 Å². The third-order valence-corrected chi connectivity index (χ3v) is 5.60. The van der Waals surface area contributed by atoms with Gasteiger partial charge in [-0.05, 0) is 68.3 Å². The van der Waals surface area contributed by atoms with Crippen molar-refractivity contribution in [3.63, 3.8) is 0 Å². The monoisotopic (exact) mass is 267 g/mol. The molecule has 6 rings (SSSR count). The summed E-state index contributed by atoms with van der Waals surface area (Å²) < 4.78 is 2.32. The fourth-order valence-electron chi connectivity index (χ4n) is 4.22. The molecule has 1 atom stereocenters. The van der Waals surface area contributed by atoms with E-state index in [4.69, 9.17) is 5.10 Å². The van der Waals surface area contributed by atoms with E-state index in [9.17, 15) is 0 Å². The zero-order valence-electron chi connectivity index (χ0n) is 11.8. The van der Waals surface area contributed by atoms with E-state index in [1.807, 2.05) is 0 Å². The SMILES string of the molecule is c1cc2c(cnn2[C@H]2CN3CCC2CC3)cc1C1CC1. The van der Waals surface area contributed by atoms with E-state index in [0.717, 1.165) is 11.8 Å². The predicted octanol–water partition coefficient (Wildman–Crippen LogP) is 3.18. The minimum absolute atomic E-state index is 0.599. The molecule has 4 aliphatic rings. The summed E-state index contributed by atoms with van der Waals surface area (Å²) in [7, 11) is 0. The van der Waals surface area contributed by atoms with Crippen LogP contribution in [0.5, 0.6) is 0 Å². The molecule has 1 aromatic carbocycles. The van der Waals surface area contributed by atoms with Crippen LogP contribution in [-0.2, 0) is 0 Å². The van der Waals surface area contributed by atoms with E-state index in [0.29, 0.717) is 6.04 Å². The first-order valence-corrected chi connectivity index (χ1v) is 8.08. The van der Waals surface area contributed by atoms with E-state index in [-0.39, 0.29) is 0 Å². The number of hydrogen-bond donors (Lipinski definition) is 0. The van der Waals surface area contributed by atoms with Crippen LogP contribution in [0.3, 0.4) is 0 Å². The molecule has 0 unspecified atom stereocenters. The molecule has 3 saturated heterocycles. The number of aromatic nitrogens is 2. The minimum Gasteiger partial charge on any atom is -0.301 e. The highest BCUT2D eigenvalue weighted by atomic mass is 15.3. The largest absolute Gasteiger partial charge is 0.301 e. The second-order valence-electron chi connectivity index (χ2n) is 6.89. The molecule has 0 spiro atoms. The first kappa shape index (κ1) is 11.3. The Morgan fingerprint density at radius 2 is 1.90 bits per heavy atom. The summed E-state index contributed by atoms with van der Waals surface area (Å²) in [4.78, 5) is 2.61. The summed E-state index contributed by atoms with van der Waals surface area (Å²) in [5, 5.41) is 6.09. The van der Waals surface area contributed by atoms with Gasteiger partial charge < -0.3 is 4.90 Å². The van der Waals surface area contributed by atoms with Gasteiger partial charge in [0.25, 0.3) is 0 Å². The Morgan fingerprint density at radius 1 is 1.05 bits per heavy atom. The summed E-state index contributed by atoms with van der Waals surface area (Å²) in [5.41, 5.74) is 2.86. The van der Waals surface area contributed by atoms with Crippen LogP contribution in [0.1, 0.15) is 43.2 Å². The van der Waals surface area contributed by atoms with E-state index in [1.54, 1.807) is 0 Å². The molecule has 104 valence electrons. The topological polar surface area (TPSA) is 21.1 Å². The van der Waals surface area contributed by atoms with Crippen molar-refractivity contribution in [2.75, 3.05) is 19.6 Å². The van der Waals surface area contributed by atoms with Crippen molar-refractivity contribution < 1.29 is 0 Å². The number of piperidine rings is 3. The molecule has 4 heterocycles. The number of fused-ring (bicyclic) bond motifs is 4. The van der Waals surface area contributed by atoms with Gasteiger partial charge in [0, 0.05) is 11.9 Å². The maximum atomic E-state index is 4.75. The Morgan fingerprint density at radius 3 is 2.60 bits per heavy atom. The molecule has 3 aliphatic heterocycles. The molecule has 4 fully saturated rings. The van der Waals surface area contributed by atoms with Crippen LogP contribution < -0.4 is 0 Å². The Labute approximate surface area is 119 Å². The lowest BCUT2D eigenvalue weighted by atomic mass is 9.84. The number of nitrogens with zero attached hydrogens (tertiary/aromatic N) is 3. The van der Waals surface area contributed by atoms with Crippen LogP contribution in [0.4, 0.5) is 0 Å². The molecule has 3 heteroatoms. The van der Waals surface area contributed by atoms with E-state index < -0.39 is 0 Å². The molecular weight excluding hydrogens is 246 g/mol. The zero-order chi connectivity index (χ0) is 13.1. The van der Waals surface area contributed by atoms with Gasteiger partial charge in [-0.15, -0.1) is 0 Å². The molecule has 1 aromatic heterocycles. The van der Waals surface area contributed by atoms with Gasteiger partial charge >= 0.3 is 0 Å². The van der Waals surface area contributed by atoms with Crippen LogP contribution in [0, 0.1) is 5.92 Å². The normalized spacial score (nSPS) is 32.9. The molecule has 2 bridgehead atoms. The van der Waals surface area contributed by atoms with Crippen molar-refractivity contribution in [2.24, 2.45) is 5.92 Å². The van der Waals surface area contributed by atoms with Gasteiger partial charge in [-0.3, -0.25) is 4.68 Å². The van der Waals surface area contributed by atoms with Crippen LogP contribution in [-0.4, -0.2) is 34.3 Å². The maximum Gasteiger partial charge on any atom is 0.0686 e. The fourth-order valence-corrected chi connectivity index (χ4v) is 4.22. The number of rotatable bonds is 2. The highest BCUT2D eigenvalue weighted by Gasteiger charge is 2.36. The molecule has 0 N–H and O–H groups in total. The molecule has 0 amide bonds. The van der Waals surface area contributed by atoms with Crippen molar-refractivity contribution in [1.29, 1.82) is 0 Å². The van der Waals surface area contributed by atoms with Gasteiger partial charge in [0.2, 0.25) is 0 Å². The smallest absolute Gasteiger partial charge is 0.0686 e. The lowest BCUT2D eigenvalue weighted by molar-refractivity contribution is 0.0534. The lowest BCUT2D eigenvalue weighted by Gasteiger charge is -2.44. The zero-order valence-corrected chi connectivity index (χ0v) is 11.8. The predicted molar refractivity (Wildman–Crippen MR) is 79.9 cm³/mol. The Balaban J connectivity index is 1.55.